The second-order valence-electron chi connectivity index (χ2n) is 8.10. The average Bonchev–Trinajstić information content (AvgIpc) is 3.11. The minimum Gasteiger partial charge on any atom is -0.368 e. The van der Waals surface area contributed by atoms with Crippen LogP contribution in [0, 0.1) is 0 Å². The Labute approximate surface area is 179 Å². The minimum atomic E-state index is -0.200. The Morgan fingerprint density at radius 3 is 2.43 bits per heavy atom. The standard InChI is InChI=1S/C23H26N4O2S/c28-21(26-14-12-25(13-15-26)17-8-4-3-5-9-17)18-16-24-23-27(22(18)29)19-10-6-1-2-7-11-20(19)30-23/h3-5,8-9,16H,1-2,6-7,10-15H2. The van der Waals surface area contributed by atoms with Crippen molar-refractivity contribution in [1.82, 2.24) is 14.3 Å². The van der Waals surface area contributed by atoms with Crippen LogP contribution in [0.4, 0.5) is 5.69 Å². The van der Waals surface area contributed by atoms with Crippen LogP contribution in [0.3, 0.4) is 0 Å². The molecule has 0 N–H and O–H groups in total. The number of carbonyl (C=O) groups is 1. The third kappa shape index (κ3) is 3.51. The molecule has 156 valence electrons. The molecule has 1 fully saturated rings. The molecule has 0 unspecified atom stereocenters. The fraction of sp³-hybridized carbons (Fsp3) is 0.435. The predicted octanol–water partition coefficient (Wildman–Crippen LogP) is 3.38. The van der Waals surface area contributed by atoms with E-state index >= 15 is 0 Å². The number of hydrogen-bond acceptors (Lipinski definition) is 5. The second-order valence-corrected chi connectivity index (χ2v) is 9.16. The van der Waals surface area contributed by atoms with E-state index in [0.717, 1.165) is 49.4 Å². The summed E-state index contributed by atoms with van der Waals surface area (Å²) < 4.78 is 1.72. The molecule has 1 aliphatic carbocycles. The fourth-order valence-electron chi connectivity index (χ4n) is 4.55. The zero-order chi connectivity index (χ0) is 20.5. The Hall–Kier alpha value is -2.67. The van der Waals surface area contributed by atoms with E-state index in [2.05, 4.69) is 22.0 Å². The van der Waals surface area contributed by atoms with Crippen LogP contribution in [-0.2, 0) is 12.8 Å². The number of aryl methyl sites for hydroxylation is 2. The summed E-state index contributed by atoms with van der Waals surface area (Å²) in [5.74, 6) is -0.194. The van der Waals surface area contributed by atoms with E-state index in [1.54, 1.807) is 20.6 Å². The number of fused-ring (bicyclic) bond motifs is 3. The maximum atomic E-state index is 13.3. The van der Waals surface area contributed by atoms with Gasteiger partial charge in [0.25, 0.3) is 11.5 Å². The van der Waals surface area contributed by atoms with Crippen LogP contribution in [0.2, 0.25) is 0 Å². The number of amides is 1. The van der Waals surface area contributed by atoms with Crippen molar-refractivity contribution in [3.05, 3.63) is 63.0 Å². The van der Waals surface area contributed by atoms with Crippen molar-refractivity contribution in [2.45, 2.75) is 38.5 Å². The van der Waals surface area contributed by atoms with Gasteiger partial charge in [-0.05, 0) is 37.8 Å². The summed E-state index contributed by atoms with van der Waals surface area (Å²) in [5, 5.41) is 0. The number of piperazine rings is 1. The molecular formula is C23H26N4O2S. The molecule has 0 atom stereocenters. The maximum absolute atomic E-state index is 13.3. The molecule has 7 heteroatoms. The SMILES string of the molecule is O=C(c1cnc2sc3c(n2c1=O)CCCCCC3)N1CCN(c2ccccc2)CC1. The van der Waals surface area contributed by atoms with E-state index < -0.39 is 0 Å². The van der Waals surface area contributed by atoms with E-state index in [-0.39, 0.29) is 17.0 Å². The molecule has 30 heavy (non-hydrogen) atoms. The lowest BCUT2D eigenvalue weighted by molar-refractivity contribution is 0.0744. The normalized spacial score (nSPS) is 17.5. The number of anilines is 1. The highest BCUT2D eigenvalue weighted by molar-refractivity contribution is 7.17. The van der Waals surface area contributed by atoms with Crippen molar-refractivity contribution in [2.75, 3.05) is 31.1 Å². The van der Waals surface area contributed by atoms with Crippen molar-refractivity contribution in [3.8, 4) is 0 Å². The van der Waals surface area contributed by atoms with Crippen molar-refractivity contribution in [2.24, 2.45) is 0 Å². The first-order chi connectivity index (χ1) is 14.7. The molecule has 2 aromatic heterocycles. The van der Waals surface area contributed by atoms with Gasteiger partial charge in [-0.25, -0.2) is 4.98 Å². The number of rotatable bonds is 2. The van der Waals surface area contributed by atoms with E-state index in [1.807, 2.05) is 18.2 Å². The molecule has 5 rings (SSSR count). The number of benzene rings is 1. The van der Waals surface area contributed by atoms with Crippen LogP contribution in [0.5, 0.6) is 0 Å². The first kappa shape index (κ1) is 19.3. The van der Waals surface area contributed by atoms with Crippen molar-refractivity contribution in [3.63, 3.8) is 0 Å². The van der Waals surface area contributed by atoms with Crippen molar-refractivity contribution >= 4 is 27.9 Å². The monoisotopic (exact) mass is 422 g/mol. The molecule has 1 amide bonds. The van der Waals surface area contributed by atoms with Crippen LogP contribution < -0.4 is 10.5 Å². The number of carbonyl (C=O) groups excluding carboxylic acids is 1. The highest BCUT2D eigenvalue weighted by Crippen LogP contribution is 2.27. The van der Waals surface area contributed by atoms with Gasteiger partial charge in [0.2, 0.25) is 0 Å². The highest BCUT2D eigenvalue weighted by atomic mass is 32.1. The molecule has 0 saturated carbocycles. The van der Waals surface area contributed by atoms with Gasteiger partial charge in [0.15, 0.2) is 4.96 Å². The van der Waals surface area contributed by atoms with E-state index in [0.29, 0.717) is 13.1 Å². The summed E-state index contributed by atoms with van der Waals surface area (Å²) in [4.78, 5) is 37.0. The lowest BCUT2D eigenvalue weighted by Gasteiger charge is -2.36. The van der Waals surface area contributed by atoms with Gasteiger partial charge in [-0.1, -0.05) is 31.0 Å². The summed E-state index contributed by atoms with van der Waals surface area (Å²) in [6.07, 6.45) is 8.08. The minimum absolute atomic E-state index is 0.194. The summed E-state index contributed by atoms with van der Waals surface area (Å²) >= 11 is 1.61. The Morgan fingerprint density at radius 2 is 1.67 bits per heavy atom. The molecule has 0 bridgehead atoms. The van der Waals surface area contributed by atoms with E-state index in [4.69, 9.17) is 0 Å². The molecule has 3 aromatic rings. The van der Waals surface area contributed by atoms with E-state index in [1.165, 1.54) is 29.6 Å². The predicted molar refractivity (Wildman–Crippen MR) is 120 cm³/mol. The Balaban J connectivity index is 1.39. The van der Waals surface area contributed by atoms with Gasteiger partial charge in [0, 0.05) is 48.6 Å². The summed E-state index contributed by atoms with van der Waals surface area (Å²) in [7, 11) is 0. The lowest BCUT2D eigenvalue weighted by Crippen LogP contribution is -2.49. The Morgan fingerprint density at radius 1 is 0.933 bits per heavy atom. The number of aromatic nitrogens is 2. The molecule has 6 nitrogen and oxygen atoms in total. The first-order valence-electron chi connectivity index (χ1n) is 10.8. The molecule has 0 spiro atoms. The van der Waals surface area contributed by atoms with Crippen molar-refractivity contribution < 1.29 is 4.79 Å². The van der Waals surface area contributed by atoms with Crippen LogP contribution in [0.25, 0.3) is 4.96 Å². The quantitative estimate of drug-likeness (QED) is 0.635. The van der Waals surface area contributed by atoms with Gasteiger partial charge in [-0.3, -0.25) is 14.0 Å². The number of para-hydroxylation sites is 1. The largest absolute Gasteiger partial charge is 0.368 e. The van der Waals surface area contributed by atoms with Gasteiger partial charge in [-0.15, -0.1) is 11.3 Å². The summed E-state index contributed by atoms with van der Waals surface area (Å²) in [6, 6.07) is 10.2. The average molecular weight is 423 g/mol. The third-order valence-electron chi connectivity index (χ3n) is 6.22. The van der Waals surface area contributed by atoms with Crippen LogP contribution >= 0.6 is 11.3 Å². The fourth-order valence-corrected chi connectivity index (χ4v) is 5.71. The van der Waals surface area contributed by atoms with Gasteiger partial charge in [0.1, 0.15) is 5.56 Å². The number of nitrogens with zero attached hydrogens (tertiary/aromatic N) is 4. The lowest BCUT2D eigenvalue weighted by atomic mass is 10.0. The number of thiazole rings is 1. The molecule has 0 radical (unpaired) electrons. The zero-order valence-electron chi connectivity index (χ0n) is 17.0. The Kier molecular flexibility index (Phi) is 5.29. The van der Waals surface area contributed by atoms with Gasteiger partial charge < -0.3 is 9.80 Å². The second kappa shape index (κ2) is 8.22. The van der Waals surface area contributed by atoms with Gasteiger partial charge in [-0.2, -0.15) is 0 Å². The molecule has 1 aromatic carbocycles. The molecule has 1 aliphatic heterocycles. The number of hydrogen-bond donors (Lipinski definition) is 0. The molecule has 2 aliphatic rings. The Bertz CT molecular complexity index is 1110. The maximum Gasteiger partial charge on any atom is 0.271 e. The van der Waals surface area contributed by atoms with Crippen LogP contribution in [0.15, 0.2) is 41.3 Å². The van der Waals surface area contributed by atoms with Crippen molar-refractivity contribution in [1.29, 1.82) is 0 Å². The van der Waals surface area contributed by atoms with E-state index in [9.17, 15) is 9.59 Å². The molecular weight excluding hydrogens is 396 g/mol. The zero-order valence-corrected chi connectivity index (χ0v) is 17.9. The molecule has 3 heterocycles. The third-order valence-corrected chi connectivity index (χ3v) is 7.38. The highest BCUT2D eigenvalue weighted by Gasteiger charge is 2.26. The summed E-state index contributed by atoms with van der Waals surface area (Å²) in [6.45, 7) is 2.75. The van der Waals surface area contributed by atoms with Gasteiger partial charge >= 0.3 is 0 Å². The summed E-state index contributed by atoms with van der Waals surface area (Å²) in [5.41, 5.74) is 2.25. The first-order valence-corrected chi connectivity index (χ1v) is 11.7. The van der Waals surface area contributed by atoms with Crippen LogP contribution in [0.1, 0.15) is 46.6 Å². The van der Waals surface area contributed by atoms with Crippen LogP contribution in [-0.4, -0.2) is 46.4 Å². The smallest absolute Gasteiger partial charge is 0.271 e. The van der Waals surface area contributed by atoms with Gasteiger partial charge in [0.05, 0.1) is 0 Å². The molecule has 1 saturated heterocycles. The topological polar surface area (TPSA) is 57.9 Å².